The fourth-order valence-electron chi connectivity index (χ4n) is 2.31. The lowest BCUT2D eigenvalue weighted by atomic mass is 9.94. The molecule has 1 aliphatic carbocycles. The molecule has 0 amide bonds. The van der Waals surface area contributed by atoms with Gasteiger partial charge in [-0.15, -0.1) is 0 Å². The summed E-state index contributed by atoms with van der Waals surface area (Å²) >= 11 is 0. The van der Waals surface area contributed by atoms with Crippen molar-refractivity contribution in [1.82, 2.24) is 4.90 Å². The van der Waals surface area contributed by atoms with Crippen molar-refractivity contribution in [3.63, 3.8) is 0 Å². The molecule has 78 valence electrons. The lowest BCUT2D eigenvalue weighted by Gasteiger charge is -2.26. The molecule has 1 heterocycles. The molecular weight excluding hydrogens is 174 g/mol. The fraction of sp³-hybridized carbons (Fsp3) is 0.750. The Hall–Kier alpha value is -0.790. The molecular formula is C12H19NO. The molecule has 2 aliphatic rings. The summed E-state index contributed by atoms with van der Waals surface area (Å²) in [4.78, 5) is 13.9. The largest absolute Gasteiger partial charge is 0.377 e. The summed E-state index contributed by atoms with van der Waals surface area (Å²) in [6.45, 7) is 2.30. The van der Waals surface area contributed by atoms with Gasteiger partial charge in [0.25, 0.3) is 0 Å². The SMILES string of the molecule is O=C1CCCC/C1=C\N1CCCCC1. The molecule has 1 aliphatic heterocycles. The van der Waals surface area contributed by atoms with Gasteiger partial charge in [-0.1, -0.05) is 0 Å². The highest BCUT2D eigenvalue weighted by Crippen LogP contribution is 2.21. The van der Waals surface area contributed by atoms with Gasteiger partial charge in [-0.05, 0) is 38.5 Å². The van der Waals surface area contributed by atoms with E-state index in [9.17, 15) is 4.79 Å². The average molecular weight is 193 g/mol. The molecule has 0 atom stereocenters. The summed E-state index contributed by atoms with van der Waals surface area (Å²) in [6.07, 6.45) is 10.2. The Bertz CT molecular complexity index is 239. The van der Waals surface area contributed by atoms with Crippen LogP contribution in [0.5, 0.6) is 0 Å². The molecule has 0 aromatic heterocycles. The van der Waals surface area contributed by atoms with Gasteiger partial charge >= 0.3 is 0 Å². The van der Waals surface area contributed by atoms with Crippen LogP contribution in [0.25, 0.3) is 0 Å². The van der Waals surface area contributed by atoms with E-state index in [4.69, 9.17) is 0 Å². The molecule has 0 unspecified atom stereocenters. The maximum absolute atomic E-state index is 11.6. The number of carbonyl (C=O) groups is 1. The number of ketones is 1. The molecule has 2 fully saturated rings. The van der Waals surface area contributed by atoms with E-state index < -0.39 is 0 Å². The number of carbonyl (C=O) groups excluding carboxylic acids is 1. The first-order chi connectivity index (χ1) is 6.86. The maximum Gasteiger partial charge on any atom is 0.160 e. The predicted octanol–water partition coefficient (Wildman–Crippen LogP) is 2.50. The number of likely N-dealkylation sites (tertiary alicyclic amines) is 1. The number of rotatable bonds is 1. The van der Waals surface area contributed by atoms with E-state index in [2.05, 4.69) is 11.1 Å². The molecule has 1 saturated carbocycles. The number of piperidine rings is 1. The van der Waals surface area contributed by atoms with Crippen molar-refractivity contribution in [1.29, 1.82) is 0 Å². The Balaban J connectivity index is 1.96. The molecule has 0 aromatic rings. The van der Waals surface area contributed by atoms with Crippen molar-refractivity contribution in [2.24, 2.45) is 0 Å². The van der Waals surface area contributed by atoms with Crippen LogP contribution in [-0.2, 0) is 4.79 Å². The van der Waals surface area contributed by atoms with E-state index in [1.165, 1.54) is 25.7 Å². The number of Topliss-reactive ketones (excluding diaryl/α,β-unsaturated/α-hetero) is 1. The highest BCUT2D eigenvalue weighted by molar-refractivity contribution is 5.95. The van der Waals surface area contributed by atoms with Crippen molar-refractivity contribution in [3.8, 4) is 0 Å². The first-order valence-electron chi connectivity index (χ1n) is 5.84. The smallest absolute Gasteiger partial charge is 0.160 e. The maximum atomic E-state index is 11.6. The van der Waals surface area contributed by atoms with Crippen LogP contribution in [0.15, 0.2) is 11.8 Å². The highest BCUT2D eigenvalue weighted by atomic mass is 16.1. The zero-order chi connectivity index (χ0) is 9.80. The second kappa shape index (κ2) is 4.63. The van der Waals surface area contributed by atoms with Gasteiger partial charge in [0.1, 0.15) is 0 Å². The van der Waals surface area contributed by atoms with Crippen LogP contribution < -0.4 is 0 Å². The normalized spacial score (nSPS) is 27.0. The second-order valence-electron chi connectivity index (χ2n) is 4.38. The molecule has 0 bridgehead atoms. The minimum absolute atomic E-state index is 0.391. The van der Waals surface area contributed by atoms with Crippen LogP contribution in [0.1, 0.15) is 44.9 Å². The average Bonchev–Trinajstić information content (AvgIpc) is 2.23. The molecule has 2 heteroatoms. The van der Waals surface area contributed by atoms with Crippen LogP contribution in [0.2, 0.25) is 0 Å². The van der Waals surface area contributed by atoms with E-state index in [1.54, 1.807) is 0 Å². The molecule has 14 heavy (non-hydrogen) atoms. The monoisotopic (exact) mass is 193 g/mol. The predicted molar refractivity (Wildman–Crippen MR) is 57.0 cm³/mol. The van der Waals surface area contributed by atoms with Gasteiger partial charge in [-0.2, -0.15) is 0 Å². The van der Waals surface area contributed by atoms with Gasteiger partial charge in [-0.3, -0.25) is 4.79 Å². The lowest BCUT2D eigenvalue weighted by Crippen LogP contribution is -2.26. The summed E-state index contributed by atoms with van der Waals surface area (Å²) in [6, 6.07) is 0. The number of nitrogens with zero attached hydrogens (tertiary/aromatic N) is 1. The van der Waals surface area contributed by atoms with Crippen molar-refractivity contribution in [3.05, 3.63) is 11.8 Å². The Labute approximate surface area is 86.0 Å². The third-order valence-corrected chi connectivity index (χ3v) is 3.19. The fourth-order valence-corrected chi connectivity index (χ4v) is 2.31. The molecule has 0 spiro atoms. The van der Waals surface area contributed by atoms with Crippen LogP contribution in [0, 0.1) is 0 Å². The second-order valence-corrected chi connectivity index (χ2v) is 4.38. The van der Waals surface area contributed by atoms with E-state index in [0.29, 0.717) is 5.78 Å². The Kier molecular flexibility index (Phi) is 3.22. The third-order valence-electron chi connectivity index (χ3n) is 3.19. The van der Waals surface area contributed by atoms with Gasteiger partial charge < -0.3 is 4.90 Å². The van der Waals surface area contributed by atoms with Gasteiger partial charge in [0.2, 0.25) is 0 Å². The summed E-state index contributed by atoms with van der Waals surface area (Å²) in [5, 5.41) is 0. The minimum atomic E-state index is 0.391. The van der Waals surface area contributed by atoms with Crippen LogP contribution in [-0.4, -0.2) is 23.8 Å². The molecule has 0 aromatic carbocycles. The van der Waals surface area contributed by atoms with E-state index in [1.807, 2.05) is 0 Å². The van der Waals surface area contributed by atoms with E-state index in [-0.39, 0.29) is 0 Å². The number of hydrogen-bond donors (Lipinski definition) is 0. The Morgan fingerprint density at radius 1 is 0.929 bits per heavy atom. The molecule has 1 saturated heterocycles. The van der Waals surface area contributed by atoms with Crippen molar-refractivity contribution < 1.29 is 4.79 Å². The quantitative estimate of drug-likeness (QED) is 0.596. The Morgan fingerprint density at radius 2 is 1.64 bits per heavy atom. The number of hydrogen-bond acceptors (Lipinski definition) is 2. The third kappa shape index (κ3) is 2.37. The Morgan fingerprint density at radius 3 is 2.36 bits per heavy atom. The van der Waals surface area contributed by atoms with E-state index >= 15 is 0 Å². The summed E-state index contributed by atoms with van der Waals surface area (Å²) in [5.41, 5.74) is 1.08. The summed E-state index contributed by atoms with van der Waals surface area (Å²) in [5.74, 6) is 0.391. The zero-order valence-corrected chi connectivity index (χ0v) is 8.80. The summed E-state index contributed by atoms with van der Waals surface area (Å²) < 4.78 is 0. The van der Waals surface area contributed by atoms with Gasteiger partial charge in [0.15, 0.2) is 5.78 Å². The van der Waals surface area contributed by atoms with Gasteiger partial charge in [-0.25, -0.2) is 0 Å². The lowest BCUT2D eigenvalue weighted by molar-refractivity contribution is -0.116. The van der Waals surface area contributed by atoms with Gasteiger partial charge in [0, 0.05) is 31.3 Å². The van der Waals surface area contributed by atoms with Crippen molar-refractivity contribution in [2.75, 3.05) is 13.1 Å². The van der Waals surface area contributed by atoms with Crippen LogP contribution >= 0.6 is 0 Å². The molecule has 2 rings (SSSR count). The first-order valence-corrected chi connectivity index (χ1v) is 5.84. The standard InChI is InChI=1S/C12H19NO/c14-12-7-3-2-6-11(12)10-13-8-4-1-5-9-13/h10H,1-9H2/b11-10+. The summed E-state index contributed by atoms with van der Waals surface area (Å²) in [7, 11) is 0. The minimum Gasteiger partial charge on any atom is -0.377 e. The zero-order valence-electron chi connectivity index (χ0n) is 8.80. The van der Waals surface area contributed by atoms with E-state index in [0.717, 1.165) is 37.9 Å². The first kappa shape index (κ1) is 9.75. The van der Waals surface area contributed by atoms with Gasteiger partial charge in [0.05, 0.1) is 0 Å². The molecule has 0 N–H and O–H groups in total. The topological polar surface area (TPSA) is 20.3 Å². The highest BCUT2D eigenvalue weighted by Gasteiger charge is 2.16. The number of allylic oxidation sites excluding steroid dienone is 1. The van der Waals surface area contributed by atoms with Crippen LogP contribution in [0.4, 0.5) is 0 Å². The molecule has 0 radical (unpaired) electrons. The van der Waals surface area contributed by atoms with Crippen LogP contribution in [0.3, 0.4) is 0 Å². The molecule has 2 nitrogen and oxygen atoms in total. The van der Waals surface area contributed by atoms with Crippen molar-refractivity contribution in [2.45, 2.75) is 44.9 Å². The van der Waals surface area contributed by atoms with Crippen molar-refractivity contribution >= 4 is 5.78 Å².